The molecule has 0 spiro atoms. The number of nitrogens with zero attached hydrogens (tertiary/aromatic N) is 3. The van der Waals surface area contributed by atoms with Gasteiger partial charge in [-0.25, -0.2) is 14.6 Å². The Morgan fingerprint density at radius 3 is 2.44 bits per heavy atom. The molecule has 4 rings (SSSR count). The number of methoxy groups -OCH3 is 1. The summed E-state index contributed by atoms with van der Waals surface area (Å²) in [5, 5.41) is 2.74. The van der Waals surface area contributed by atoms with Gasteiger partial charge in [-0.3, -0.25) is 18.7 Å². The zero-order chi connectivity index (χ0) is 23.2. The van der Waals surface area contributed by atoms with E-state index >= 15 is 0 Å². The van der Waals surface area contributed by atoms with Crippen LogP contribution in [0.1, 0.15) is 45.9 Å². The number of esters is 1. The number of carbonyl (C=O) groups excluding carboxylic acids is 2. The fourth-order valence-corrected chi connectivity index (χ4v) is 3.83. The van der Waals surface area contributed by atoms with Crippen LogP contribution in [0.5, 0.6) is 0 Å². The van der Waals surface area contributed by atoms with Gasteiger partial charge in [0, 0.05) is 24.3 Å². The van der Waals surface area contributed by atoms with Crippen LogP contribution in [0.3, 0.4) is 0 Å². The second-order valence-electron chi connectivity index (χ2n) is 8.11. The molecule has 0 bridgehead atoms. The minimum atomic E-state index is -0.755. The number of benzene rings is 1. The molecule has 9 heteroatoms. The molecule has 1 N–H and O–H groups in total. The van der Waals surface area contributed by atoms with E-state index in [1.807, 2.05) is 32.0 Å². The maximum absolute atomic E-state index is 13.3. The normalized spacial score (nSPS) is 13.2. The third-order valence-electron chi connectivity index (χ3n) is 5.76. The zero-order valence-corrected chi connectivity index (χ0v) is 18.4. The topological polar surface area (TPSA) is 112 Å². The molecule has 2 aromatic heterocycles. The molecule has 1 aliphatic rings. The maximum Gasteiger partial charge on any atom is 0.338 e. The van der Waals surface area contributed by atoms with Crippen molar-refractivity contribution < 1.29 is 14.3 Å². The lowest BCUT2D eigenvalue weighted by atomic mass is 10.1. The summed E-state index contributed by atoms with van der Waals surface area (Å²) in [4.78, 5) is 55.9. The van der Waals surface area contributed by atoms with Crippen LogP contribution in [-0.4, -0.2) is 33.1 Å². The summed E-state index contributed by atoms with van der Waals surface area (Å²) in [6, 6.07) is 7.14. The highest BCUT2D eigenvalue weighted by molar-refractivity contribution is 6.02. The summed E-state index contributed by atoms with van der Waals surface area (Å²) in [5.74, 6) is -1.02. The number of hydrogen-bond acceptors (Lipinski definition) is 6. The van der Waals surface area contributed by atoms with Gasteiger partial charge < -0.3 is 10.1 Å². The lowest BCUT2D eigenvalue weighted by Gasteiger charge is -2.15. The van der Waals surface area contributed by atoms with E-state index < -0.39 is 29.7 Å². The molecule has 1 aliphatic carbocycles. The molecule has 1 aromatic carbocycles. The average Bonchev–Trinajstić information content (AvgIpc) is 3.62. The first kappa shape index (κ1) is 21.5. The van der Waals surface area contributed by atoms with E-state index in [4.69, 9.17) is 4.74 Å². The Morgan fingerprint density at radius 1 is 1.19 bits per heavy atom. The van der Waals surface area contributed by atoms with Crippen LogP contribution in [0.2, 0.25) is 0 Å². The van der Waals surface area contributed by atoms with Gasteiger partial charge in [0.05, 0.1) is 18.1 Å². The quantitative estimate of drug-likeness (QED) is 0.613. The van der Waals surface area contributed by atoms with Crippen LogP contribution in [0.15, 0.2) is 33.9 Å². The van der Waals surface area contributed by atoms with Gasteiger partial charge in [0.25, 0.3) is 5.56 Å². The van der Waals surface area contributed by atoms with Crippen LogP contribution in [0.25, 0.3) is 11.0 Å². The van der Waals surface area contributed by atoms with Gasteiger partial charge >= 0.3 is 11.7 Å². The van der Waals surface area contributed by atoms with E-state index in [9.17, 15) is 19.2 Å². The zero-order valence-electron chi connectivity index (χ0n) is 18.4. The van der Waals surface area contributed by atoms with Gasteiger partial charge in [0.2, 0.25) is 5.91 Å². The fourth-order valence-electron chi connectivity index (χ4n) is 3.83. The van der Waals surface area contributed by atoms with E-state index in [0.29, 0.717) is 11.4 Å². The number of amides is 1. The molecule has 0 radical (unpaired) electrons. The SMILES string of the molecule is COC(=O)c1cc(C2CC2)nc2c1c(=O)n(CC(=O)Nc1c(C)cccc1C)c(=O)n2C. The molecule has 0 unspecified atom stereocenters. The second-order valence-corrected chi connectivity index (χ2v) is 8.11. The smallest absolute Gasteiger partial charge is 0.338 e. The van der Waals surface area contributed by atoms with Crippen molar-refractivity contribution in [2.75, 3.05) is 12.4 Å². The van der Waals surface area contributed by atoms with Gasteiger partial charge in [-0.1, -0.05) is 18.2 Å². The lowest BCUT2D eigenvalue weighted by molar-refractivity contribution is -0.116. The highest BCUT2D eigenvalue weighted by Crippen LogP contribution is 2.39. The predicted octanol–water partition coefficient (Wildman–Crippen LogP) is 2.01. The first-order valence-electron chi connectivity index (χ1n) is 10.3. The molecule has 166 valence electrons. The number of nitrogens with one attached hydrogen (secondary N) is 1. The van der Waals surface area contributed by atoms with Crippen molar-refractivity contribution in [3.05, 3.63) is 67.5 Å². The highest BCUT2D eigenvalue weighted by atomic mass is 16.5. The second kappa shape index (κ2) is 8.07. The van der Waals surface area contributed by atoms with E-state index in [1.165, 1.54) is 18.7 Å². The molecule has 2 heterocycles. The van der Waals surface area contributed by atoms with E-state index in [-0.39, 0.29) is 22.5 Å². The van der Waals surface area contributed by atoms with Gasteiger partial charge in [0.15, 0.2) is 0 Å². The number of anilines is 1. The number of hydrogen-bond donors (Lipinski definition) is 1. The number of aryl methyl sites for hydroxylation is 3. The Hall–Kier alpha value is -3.75. The van der Waals surface area contributed by atoms with Crippen LogP contribution in [0, 0.1) is 13.8 Å². The third kappa shape index (κ3) is 3.70. The monoisotopic (exact) mass is 436 g/mol. The Labute approximate surface area is 183 Å². The minimum Gasteiger partial charge on any atom is -0.465 e. The maximum atomic E-state index is 13.3. The predicted molar refractivity (Wildman–Crippen MR) is 119 cm³/mol. The van der Waals surface area contributed by atoms with E-state index in [2.05, 4.69) is 10.3 Å². The lowest BCUT2D eigenvalue weighted by Crippen LogP contribution is -2.42. The van der Waals surface area contributed by atoms with Crippen molar-refractivity contribution in [3.8, 4) is 0 Å². The highest BCUT2D eigenvalue weighted by Gasteiger charge is 2.29. The summed E-state index contributed by atoms with van der Waals surface area (Å²) in [5.41, 5.74) is 1.72. The van der Waals surface area contributed by atoms with Crippen molar-refractivity contribution in [1.29, 1.82) is 0 Å². The van der Waals surface area contributed by atoms with Crippen LogP contribution in [0.4, 0.5) is 5.69 Å². The fraction of sp³-hybridized carbons (Fsp3) is 0.348. The molecular weight excluding hydrogens is 412 g/mol. The third-order valence-corrected chi connectivity index (χ3v) is 5.76. The first-order valence-corrected chi connectivity index (χ1v) is 10.3. The van der Waals surface area contributed by atoms with Crippen LogP contribution < -0.4 is 16.6 Å². The van der Waals surface area contributed by atoms with Crippen LogP contribution >= 0.6 is 0 Å². The van der Waals surface area contributed by atoms with E-state index in [1.54, 1.807) is 6.07 Å². The number of ether oxygens (including phenoxy) is 1. The molecule has 1 saturated carbocycles. The van der Waals surface area contributed by atoms with E-state index in [0.717, 1.165) is 28.5 Å². The standard InChI is InChI=1S/C23H24N4O5/c1-12-6-5-7-13(2)19(12)25-17(28)11-27-21(29)18-15(22(30)32-4)10-16(14-8-9-14)24-20(18)26(3)23(27)31/h5-7,10,14H,8-9,11H2,1-4H3,(H,25,28). The molecule has 3 aromatic rings. The van der Waals surface area contributed by atoms with Crippen LogP contribution in [-0.2, 0) is 23.1 Å². The summed E-state index contributed by atoms with van der Waals surface area (Å²) in [6.45, 7) is 3.21. The Bertz CT molecular complexity index is 1360. The molecule has 0 atom stereocenters. The average molecular weight is 436 g/mol. The Kier molecular flexibility index (Phi) is 5.41. The van der Waals surface area contributed by atoms with Crippen molar-refractivity contribution in [1.82, 2.24) is 14.1 Å². The number of carbonyl (C=O) groups is 2. The van der Waals surface area contributed by atoms with Gasteiger partial charge in [0.1, 0.15) is 12.2 Å². The van der Waals surface area contributed by atoms with Gasteiger partial charge in [-0.15, -0.1) is 0 Å². The Balaban J connectivity index is 1.83. The molecule has 9 nitrogen and oxygen atoms in total. The number of aromatic nitrogens is 3. The summed E-state index contributed by atoms with van der Waals surface area (Å²) in [6.07, 6.45) is 1.87. The molecular formula is C23H24N4O5. The molecule has 0 aliphatic heterocycles. The van der Waals surface area contributed by atoms with Gasteiger partial charge in [-0.05, 0) is 43.9 Å². The largest absolute Gasteiger partial charge is 0.465 e. The van der Waals surface area contributed by atoms with Crippen molar-refractivity contribution in [2.24, 2.45) is 7.05 Å². The van der Waals surface area contributed by atoms with Crippen molar-refractivity contribution in [3.63, 3.8) is 0 Å². The van der Waals surface area contributed by atoms with Crippen molar-refractivity contribution >= 4 is 28.6 Å². The van der Waals surface area contributed by atoms with Crippen molar-refractivity contribution in [2.45, 2.75) is 39.2 Å². The number of fused-ring (bicyclic) bond motifs is 1. The minimum absolute atomic E-state index is 0.0387. The molecule has 0 saturated heterocycles. The molecule has 1 amide bonds. The summed E-state index contributed by atoms with van der Waals surface area (Å²) >= 11 is 0. The Morgan fingerprint density at radius 2 is 1.84 bits per heavy atom. The summed E-state index contributed by atoms with van der Waals surface area (Å²) in [7, 11) is 2.69. The van der Waals surface area contributed by atoms with Gasteiger partial charge in [-0.2, -0.15) is 0 Å². The molecule has 1 fully saturated rings. The summed E-state index contributed by atoms with van der Waals surface area (Å²) < 4.78 is 6.88. The molecule has 32 heavy (non-hydrogen) atoms. The number of para-hydroxylation sites is 1. The number of pyridine rings is 1. The first-order chi connectivity index (χ1) is 15.2. The number of rotatable bonds is 5.